The molecule has 0 fully saturated rings. The van der Waals surface area contributed by atoms with Gasteiger partial charge in [0.25, 0.3) is 0 Å². The number of hydrogen-bond donors (Lipinski definition) is 2. The van der Waals surface area contributed by atoms with Gasteiger partial charge in [0, 0.05) is 5.92 Å². The Balaban J connectivity index is 3.05. The SMILES string of the molecule is Cc1ccc(O)c(C(C)C(C)O)c1. The largest absolute Gasteiger partial charge is 0.508 e. The van der Waals surface area contributed by atoms with Crippen molar-refractivity contribution in [1.82, 2.24) is 0 Å². The lowest BCUT2D eigenvalue weighted by Crippen LogP contribution is -2.11. The standard InChI is InChI=1S/C11H16O2/c1-7-4-5-11(13)10(6-7)8(2)9(3)12/h4-6,8-9,12-13H,1-3H3. The second-order valence-corrected chi connectivity index (χ2v) is 3.59. The molecule has 1 aromatic carbocycles. The number of rotatable bonds is 2. The summed E-state index contributed by atoms with van der Waals surface area (Å²) in [5, 5.41) is 18.9. The molecular weight excluding hydrogens is 164 g/mol. The Morgan fingerprint density at radius 3 is 2.38 bits per heavy atom. The van der Waals surface area contributed by atoms with Gasteiger partial charge in [0.05, 0.1) is 6.10 Å². The van der Waals surface area contributed by atoms with Crippen LogP contribution in [0.15, 0.2) is 18.2 Å². The van der Waals surface area contributed by atoms with Crippen LogP contribution in [0.5, 0.6) is 5.75 Å². The van der Waals surface area contributed by atoms with E-state index < -0.39 is 6.10 Å². The van der Waals surface area contributed by atoms with Crippen molar-refractivity contribution in [2.24, 2.45) is 0 Å². The first-order chi connectivity index (χ1) is 6.02. The summed E-state index contributed by atoms with van der Waals surface area (Å²) in [5.74, 6) is 0.235. The fraction of sp³-hybridized carbons (Fsp3) is 0.455. The normalized spacial score (nSPS) is 15.4. The minimum absolute atomic E-state index is 0.0279. The minimum Gasteiger partial charge on any atom is -0.508 e. The lowest BCUT2D eigenvalue weighted by atomic mass is 9.94. The molecule has 1 aromatic rings. The van der Waals surface area contributed by atoms with Gasteiger partial charge in [-0.1, -0.05) is 24.6 Å². The molecule has 2 heteroatoms. The molecule has 0 aliphatic rings. The molecule has 0 spiro atoms. The van der Waals surface area contributed by atoms with Crippen molar-refractivity contribution in [1.29, 1.82) is 0 Å². The van der Waals surface area contributed by atoms with Crippen LogP contribution in [0.4, 0.5) is 0 Å². The molecule has 0 heterocycles. The van der Waals surface area contributed by atoms with Crippen LogP contribution in [0.2, 0.25) is 0 Å². The summed E-state index contributed by atoms with van der Waals surface area (Å²) in [6.45, 7) is 5.60. The van der Waals surface area contributed by atoms with Crippen LogP contribution >= 0.6 is 0 Å². The highest BCUT2D eigenvalue weighted by Gasteiger charge is 2.14. The van der Waals surface area contributed by atoms with Crippen LogP contribution in [0.25, 0.3) is 0 Å². The molecule has 2 atom stereocenters. The van der Waals surface area contributed by atoms with Gasteiger partial charge in [-0.25, -0.2) is 0 Å². The van der Waals surface area contributed by atoms with Gasteiger partial charge in [-0.3, -0.25) is 0 Å². The second kappa shape index (κ2) is 3.79. The molecule has 0 saturated heterocycles. The van der Waals surface area contributed by atoms with Crippen LogP contribution in [-0.4, -0.2) is 16.3 Å². The summed E-state index contributed by atoms with van der Waals surface area (Å²) in [4.78, 5) is 0. The minimum atomic E-state index is -0.437. The number of aliphatic hydroxyl groups excluding tert-OH is 1. The molecule has 0 aliphatic heterocycles. The summed E-state index contributed by atoms with van der Waals surface area (Å²) in [7, 11) is 0. The van der Waals surface area contributed by atoms with E-state index in [2.05, 4.69) is 0 Å². The van der Waals surface area contributed by atoms with Gasteiger partial charge < -0.3 is 10.2 Å². The maximum atomic E-state index is 9.54. The molecular formula is C11H16O2. The highest BCUT2D eigenvalue weighted by atomic mass is 16.3. The number of aryl methyl sites for hydroxylation is 1. The lowest BCUT2D eigenvalue weighted by molar-refractivity contribution is 0.167. The molecule has 0 bridgehead atoms. The number of benzene rings is 1. The summed E-state index contributed by atoms with van der Waals surface area (Å²) in [6, 6.07) is 5.43. The zero-order valence-electron chi connectivity index (χ0n) is 8.28. The third kappa shape index (κ3) is 2.22. The van der Waals surface area contributed by atoms with E-state index in [-0.39, 0.29) is 11.7 Å². The van der Waals surface area contributed by atoms with E-state index in [0.29, 0.717) is 0 Å². The van der Waals surface area contributed by atoms with Crippen molar-refractivity contribution in [2.75, 3.05) is 0 Å². The smallest absolute Gasteiger partial charge is 0.119 e. The fourth-order valence-electron chi connectivity index (χ4n) is 1.30. The maximum absolute atomic E-state index is 9.54. The third-order valence-electron chi connectivity index (χ3n) is 2.40. The third-order valence-corrected chi connectivity index (χ3v) is 2.40. The molecule has 0 aliphatic carbocycles. The van der Waals surface area contributed by atoms with E-state index in [1.807, 2.05) is 26.0 Å². The van der Waals surface area contributed by atoms with Gasteiger partial charge >= 0.3 is 0 Å². The van der Waals surface area contributed by atoms with Crippen LogP contribution in [0.1, 0.15) is 30.9 Å². The van der Waals surface area contributed by atoms with Crippen LogP contribution in [0.3, 0.4) is 0 Å². The van der Waals surface area contributed by atoms with Crippen molar-refractivity contribution in [3.63, 3.8) is 0 Å². The topological polar surface area (TPSA) is 40.5 Å². The van der Waals surface area contributed by atoms with Gasteiger partial charge in [-0.2, -0.15) is 0 Å². The highest BCUT2D eigenvalue weighted by Crippen LogP contribution is 2.28. The molecule has 0 aromatic heterocycles. The number of aliphatic hydroxyl groups is 1. The highest BCUT2D eigenvalue weighted by molar-refractivity contribution is 5.38. The lowest BCUT2D eigenvalue weighted by Gasteiger charge is -2.16. The van der Waals surface area contributed by atoms with E-state index >= 15 is 0 Å². The van der Waals surface area contributed by atoms with Crippen LogP contribution in [0, 0.1) is 6.92 Å². The average Bonchev–Trinajstić information content (AvgIpc) is 2.08. The van der Waals surface area contributed by atoms with Crippen molar-refractivity contribution < 1.29 is 10.2 Å². The van der Waals surface area contributed by atoms with E-state index in [1.54, 1.807) is 13.0 Å². The molecule has 13 heavy (non-hydrogen) atoms. The van der Waals surface area contributed by atoms with Gasteiger partial charge in [-0.05, 0) is 25.5 Å². The molecule has 1 rings (SSSR count). The Hall–Kier alpha value is -1.02. The van der Waals surface area contributed by atoms with Gasteiger partial charge in [-0.15, -0.1) is 0 Å². The Bertz CT molecular complexity index is 292. The predicted molar refractivity (Wildman–Crippen MR) is 52.9 cm³/mol. The predicted octanol–water partition coefficient (Wildman–Crippen LogP) is 2.18. The van der Waals surface area contributed by atoms with Gasteiger partial charge in [0.15, 0.2) is 0 Å². The van der Waals surface area contributed by atoms with Crippen molar-refractivity contribution >= 4 is 0 Å². The van der Waals surface area contributed by atoms with Gasteiger partial charge in [0.1, 0.15) is 5.75 Å². The Kier molecular flexibility index (Phi) is 2.94. The summed E-state index contributed by atoms with van der Waals surface area (Å²) in [6.07, 6.45) is -0.437. The molecule has 72 valence electrons. The number of phenolic OH excluding ortho intramolecular Hbond substituents is 1. The average molecular weight is 180 g/mol. The van der Waals surface area contributed by atoms with Gasteiger partial charge in [0.2, 0.25) is 0 Å². The van der Waals surface area contributed by atoms with Crippen LogP contribution < -0.4 is 0 Å². The summed E-state index contributed by atoms with van der Waals surface area (Å²) < 4.78 is 0. The van der Waals surface area contributed by atoms with E-state index in [0.717, 1.165) is 11.1 Å². The first-order valence-electron chi connectivity index (χ1n) is 4.50. The van der Waals surface area contributed by atoms with E-state index in [4.69, 9.17) is 0 Å². The maximum Gasteiger partial charge on any atom is 0.119 e. The zero-order chi connectivity index (χ0) is 10.0. The number of hydrogen-bond acceptors (Lipinski definition) is 2. The van der Waals surface area contributed by atoms with Crippen molar-refractivity contribution in [2.45, 2.75) is 32.8 Å². The van der Waals surface area contributed by atoms with E-state index in [9.17, 15) is 10.2 Å². The molecule has 0 amide bonds. The monoisotopic (exact) mass is 180 g/mol. The summed E-state index contributed by atoms with van der Waals surface area (Å²) in [5.41, 5.74) is 1.91. The quantitative estimate of drug-likeness (QED) is 0.732. The molecule has 2 nitrogen and oxygen atoms in total. The zero-order valence-corrected chi connectivity index (χ0v) is 8.28. The van der Waals surface area contributed by atoms with Crippen molar-refractivity contribution in [3.8, 4) is 5.75 Å². The molecule has 2 N–H and O–H groups in total. The van der Waals surface area contributed by atoms with E-state index in [1.165, 1.54) is 0 Å². The fourth-order valence-corrected chi connectivity index (χ4v) is 1.30. The Morgan fingerprint density at radius 2 is 1.85 bits per heavy atom. The summed E-state index contributed by atoms with van der Waals surface area (Å²) >= 11 is 0. The molecule has 2 unspecified atom stereocenters. The Morgan fingerprint density at radius 1 is 1.23 bits per heavy atom. The first-order valence-corrected chi connectivity index (χ1v) is 4.50. The first kappa shape index (κ1) is 10.1. The molecule has 0 saturated carbocycles. The Labute approximate surface area is 78.8 Å². The van der Waals surface area contributed by atoms with Crippen molar-refractivity contribution in [3.05, 3.63) is 29.3 Å². The number of phenols is 1. The molecule has 0 radical (unpaired) electrons. The van der Waals surface area contributed by atoms with Crippen LogP contribution in [-0.2, 0) is 0 Å². The number of aromatic hydroxyl groups is 1. The second-order valence-electron chi connectivity index (χ2n) is 3.59.